The molecule has 0 amide bonds. The number of imidazole rings is 1. The largest absolute Gasteiger partial charge is 0.494 e. The fraction of sp³-hybridized carbons (Fsp3) is 0.136. The van der Waals surface area contributed by atoms with Crippen molar-refractivity contribution in [3.8, 4) is 28.1 Å². The van der Waals surface area contributed by atoms with Gasteiger partial charge in [0.05, 0.1) is 18.5 Å². The summed E-state index contributed by atoms with van der Waals surface area (Å²) < 4.78 is 7.77. The zero-order chi connectivity index (χ0) is 17.1. The van der Waals surface area contributed by atoms with Gasteiger partial charge in [0.15, 0.2) is 0 Å². The summed E-state index contributed by atoms with van der Waals surface area (Å²) in [6, 6.07) is 22.8. The number of ether oxygens (including phenoxy) is 1. The van der Waals surface area contributed by atoms with Crippen LogP contribution in [0, 0.1) is 0 Å². The highest BCUT2D eigenvalue weighted by molar-refractivity contribution is 5.71. The number of aromatic nitrogens is 2. The molecule has 3 heteroatoms. The zero-order valence-corrected chi connectivity index (χ0v) is 14.2. The molecule has 2 heterocycles. The lowest BCUT2D eigenvalue weighted by atomic mass is 10.1. The molecule has 0 saturated heterocycles. The molecule has 2 aromatic carbocycles. The highest BCUT2D eigenvalue weighted by Gasteiger charge is 2.07. The van der Waals surface area contributed by atoms with Crippen LogP contribution in [-0.4, -0.2) is 16.0 Å². The minimum Gasteiger partial charge on any atom is -0.494 e. The standard InChI is InChI=1S/C22H20N2O/c1-2-14-25-20-10-8-17(9-11-20)19-12-13-24-21(16-23-22(24)15-19)18-6-4-3-5-7-18/h3-13,15-16H,2,14H2,1H3. The molecule has 3 nitrogen and oxygen atoms in total. The van der Waals surface area contributed by atoms with Crippen LogP contribution in [0.25, 0.3) is 28.0 Å². The van der Waals surface area contributed by atoms with Crippen molar-refractivity contribution in [2.24, 2.45) is 0 Å². The second-order valence-corrected chi connectivity index (χ2v) is 6.03. The Morgan fingerprint density at radius 2 is 1.68 bits per heavy atom. The van der Waals surface area contributed by atoms with Crippen molar-refractivity contribution in [3.05, 3.63) is 79.1 Å². The fourth-order valence-corrected chi connectivity index (χ4v) is 2.95. The van der Waals surface area contributed by atoms with E-state index >= 15 is 0 Å². The minimum atomic E-state index is 0.752. The first-order valence-electron chi connectivity index (χ1n) is 8.61. The van der Waals surface area contributed by atoms with Gasteiger partial charge in [-0.1, -0.05) is 49.4 Å². The van der Waals surface area contributed by atoms with Crippen molar-refractivity contribution in [1.29, 1.82) is 0 Å². The van der Waals surface area contributed by atoms with Crippen LogP contribution < -0.4 is 4.74 Å². The Morgan fingerprint density at radius 1 is 0.880 bits per heavy atom. The number of pyridine rings is 1. The molecule has 0 fully saturated rings. The number of hydrogen-bond acceptors (Lipinski definition) is 2. The van der Waals surface area contributed by atoms with Crippen molar-refractivity contribution in [1.82, 2.24) is 9.38 Å². The van der Waals surface area contributed by atoms with Crippen molar-refractivity contribution < 1.29 is 4.74 Å². The molecule has 25 heavy (non-hydrogen) atoms. The summed E-state index contributed by atoms with van der Waals surface area (Å²) >= 11 is 0. The number of hydrogen-bond donors (Lipinski definition) is 0. The van der Waals surface area contributed by atoms with Crippen LogP contribution in [-0.2, 0) is 0 Å². The molecular formula is C22H20N2O. The highest BCUT2D eigenvalue weighted by Crippen LogP contribution is 2.26. The van der Waals surface area contributed by atoms with E-state index in [0.717, 1.165) is 41.2 Å². The van der Waals surface area contributed by atoms with Crippen LogP contribution in [0.4, 0.5) is 0 Å². The summed E-state index contributed by atoms with van der Waals surface area (Å²) in [4.78, 5) is 4.58. The minimum absolute atomic E-state index is 0.752. The topological polar surface area (TPSA) is 26.5 Å². The van der Waals surface area contributed by atoms with Crippen LogP contribution in [0.1, 0.15) is 13.3 Å². The second-order valence-electron chi connectivity index (χ2n) is 6.03. The molecule has 2 aromatic heterocycles. The Hall–Kier alpha value is -3.07. The molecule has 4 aromatic rings. The van der Waals surface area contributed by atoms with E-state index in [1.54, 1.807) is 0 Å². The van der Waals surface area contributed by atoms with E-state index in [-0.39, 0.29) is 0 Å². The Morgan fingerprint density at radius 3 is 2.44 bits per heavy atom. The van der Waals surface area contributed by atoms with Crippen molar-refractivity contribution in [2.45, 2.75) is 13.3 Å². The molecular weight excluding hydrogens is 308 g/mol. The van der Waals surface area contributed by atoms with E-state index < -0.39 is 0 Å². The molecule has 0 saturated carbocycles. The van der Waals surface area contributed by atoms with Crippen LogP contribution in [0.2, 0.25) is 0 Å². The van der Waals surface area contributed by atoms with Crippen molar-refractivity contribution in [3.63, 3.8) is 0 Å². The van der Waals surface area contributed by atoms with Gasteiger partial charge in [-0.05, 0) is 41.8 Å². The third-order valence-corrected chi connectivity index (χ3v) is 4.24. The molecule has 0 bridgehead atoms. The Labute approximate surface area is 147 Å². The molecule has 0 radical (unpaired) electrons. The van der Waals surface area contributed by atoms with Gasteiger partial charge < -0.3 is 4.74 Å². The molecule has 0 N–H and O–H groups in total. The lowest BCUT2D eigenvalue weighted by Gasteiger charge is -2.07. The first-order valence-corrected chi connectivity index (χ1v) is 8.61. The lowest BCUT2D eigenvalue weighted by Crippen LogP contribution is -1.94. The second kappa shape index (κ2) is 6.81. The van der Waals surface area contributed by atoms with Crippen molar-refractivity contribution in [2.75, 3.05) is 6.61 Å². The Kier molecular flexibility index (Phi) is 4.21. The van der Waals surface area contributed by atoms with Crippen LogP contribution in [0.3, 0.4) is 0 Å². The smallest absolute Gasteiger partial charge is 0.137 e. The van der Waals surface area contributed by atoms with E-state index in [2.05, 4.69) is 58.9 Å². The van der Waals surface area contributed by atoms with Gasteiger partial charge in [-0.25, -0.2) is 4.98 Å². The number of benzene rings is 2. The third kappa shape index (κ3) is 3.13. The monoisotopic (exact) mass is 328 g/mol. The quantitative estimate of drug-likeness (QED) is 0.486. The van der Waals surface area contributed by atoms with E-state index in [0.29, 0.717) is 0 Å². The highest BCUT2D eigenvalue weighted by atomic mass is 16.5. The molecule has 0 atom stereocenters. The Bertz CT molecular complexity index is 972. The number of rotatable bonds is 5. The maximum atomic E-state index is 5.65. The van der Waals surface area contributed by atoms with Gasteiger partial charge in [0.2, 0.25) is 0 Å². The lowest BCUT2D eigenvalue weighted by molar-refractivity contribution is 0.317. The molecule has 124 valence electrons. The van der Waals surface area contributed by atoms with Gasteiger partial charge in [-0.3, -0.25) is 4.40 Å². The predicted octanol–water partition coefficient (Wildman–Crippen LogP) is 5.46. The van der Waals surface area contributed by atoms with Crippen LogP contribution >= 0.6 is 0 Å². The van der Waals surface area contributed by atoms with Gasteiger partial charge in [0.25, 0.3) is 0 Å². The van der Waals surface area contributed by atoms with Crippen LogP contribution in [0.5, 0.6) is 5.75 Å². The fourth-order valence-electron chi connectivity index (χ4n) is 2.95. The number of nitrogens with zero attached hydrogens (tertiary/aromatic N) is 2. The maximum absolute atomic E-state index is 5.65. The number of fused-ring (bicyclic) bond motifs is 1. The molecule has 0 aliphatic carbocycles. The normalized spacial score (nSPS) is 10.9. The van der Waals surface area contributed by atoms with E-state index in [9.17, 15) is 0 Å². The van der Waals surface area contributed by atoms with Crippen LogP contribution in [0.15, 0.2) is 79.1 Å². The van der Waals surface area contributed by atoms with Gasteiger partial charge in [0, 0.05) is 11.8 Å². The SMILES string of the molecule is CCCOc1ccc(-c2ccn3c(-c4ccccc4)cnc3c2)cc1. The zero-order valence-electron chi connectivity index (χ0n) is 14.2. The summed E-state index contributed by atoms with van der Waals surface area (Å²) in [6.07, 6.45) is 5.03. The maximum Gasteiger partial charge on any atom is 0.137 e. The van der Waals surface area contributed by atoms with Gasteiger partial charge in [0.1, 0.15) is 11.4 Å². The van der Waals surface area contributed by atoms with E-state index in [1.807, 2.05) is 36.5 Å². The molecule has 0 aliphatic rings. The third-order valence-electron chi connectivity index (χ3n) is 4.24. The average molecular weight is 328 g/mol. The summed E-state index contributed by atoms with van der Waals surface area (Å²) in [6.45, 7) is 2.86. The average Bonchev–Trinajstić information content (AvgIpc) is 3.10. The van der Waals surface area contributed by atoms with Gasteiger partial charge >= 0.3 is 0 Å². The van der Waals surface area contributed by atoms with E-state index in [4.69, 9.17) is 4.74 Å². The molecule has 4 rings (SSSR count). The van der Waals surface area contributed by atoms with E-state index in [1.165, 1.54) is 5.56 Å². The van der Waals surface area contributed by atoms with Gasteiger partial charge in [-0.2, -0.15) is 0 Å². The summed E-state index contributed by atoms with van der Waals surface area (Å²) in [7, 11) is 0. The molecule has 0 unspecified atom stereocenters. The van der Waals surface area contributed by atoms with Gasteiger partial charge in [-0.15, -0.1) is 0 Å². The van der Waals surface area contributed by atoms with Crippen molar-refractivity contribution >= 4 is 5.65 Å². The first-order chi connectivity index (χ1) is 12.3. The molecule has 0 aliphatic heterocycles. The predicted molar refractivity (Wildman–Crippen MR) is 102 cm³/mol. The Balaban J connectivity index is 1.66. The summed E-state index contributed by atoms with van der Waals surface area (Å²) in [5.74, 6) is 0.916. The first kappa shape index (κ1) is 15.5. The molecule has 0 spiro atoms. The summed E-state index contributed by atoms with van der Waals surface area (Å²) in [5.41, 5.74) is 5.53. The summed E-state index contributed by atoms with van der Waals surface area (Å²) in [5, 5.41) is 0.